The Labute approximate surface area is 110 Å². The molecule has 0 radical (unpaired) electrons. The number of methoxy groups -OCH3 is 1. The van der Waals surface area contributed by atoms with Crippen molar-refractivity contribution < 1.29 is 14.3 Å². The van der Waals surface area contributed by atoms with E-state index < -0.39 is 5.97 Å². The van der Waals surface area contributed by atoms with Crippen LogP contribution in [-0.4, -0.2) is 19.0 Å². The first-order valence-corrected chi connectivity index (χ1v) is 5.75. The lowest BCUT2D eigenvalue weighted by Crippen LogP contribution is -2.09. The predicted molar refractivity (Wildman–Crippen MR) is 68.6 cm³/mol. The van der Waals surface area contributed by atoms with E-state index in [1.165, 1.54) is 13.2 Å². The number of carbonyl (C=O) groups excluding carboxylic acids is 1. The lowest BCUT2D eigenvalue weighted by Gasteiger charge is -2.09. The van der Waals surface area contributed by atoms with Crippen LogP contribution in [0.1, 0.15) is 12.0 Å². The van der Waals surface area contributed by atoms with Crippen molar-refractivity contribution in [3.8, 4) is 17.6 Å². The van der Waals surface area contributed by atoms with Crippen molar-refractivity contribution >= 4 is 23.6 Å². The van der Waals surface area contributed by atoms with Gasteiger partial charge in [0.05, 0.1) is 19.6 Å². The maximum atomic E-state index is 11.3. The molecule has 0 saturated carbocycles. The van der Waals surface area contributed by atoms with E-state index >= 15 is 0 Å². The van der Waals surface area contributed by atoms with Crippen LogP contribution in [0.25, 0.3) is 6.08 Å². The van der Waals surface area contributed by atoms with Crippen LogP contribution in [-0.2, 0) is 4.79 Å². The second-order valence-electron chi connectivity index (χ2n) is 3.29. The Kier molecular flexibility index (Phi) is 5.75. The third-order valence-electron chi connectivity index (χ3n) is 2.06. The first-order valence-electron chi connectivity index (χ1n) is 5.22. The highest BCUT2D eigenvalue weighted by Crippen LogP contribution is 2.28. The number of hydrogen-bond acceptors (Lipinski definition) is 4. The summed E-state index contributed by atoms with van der Waals surface area (Å²) < 4.78 is 10.2. The zero-order valence-electron chi connectivity index (χ0n) is 9.85. The molecule has 0 saturated heterocycles. The maximum Gasteiger partial charge on any atom is 0.312 e. The number of hydrogen-bond donors (Lipinski definition) is 0. The molecule has 1 aromatic carbocycles. The van der Waals surface area contributed by atoms with Crippen LogP contribution < -0.4 is 9.47 Å². The molecule has 0 N–H and O–H groups in total. The summed E-state index contributed by atoms with van der Waals surface area (Å²) in [4.78, 5) is 11.3. The summed E-state index contributed by atoms with van der Waals surface area (Å²) in [5.74, 6) is 0.563. The average Bonchev–Trinajstić information content (AvgIpc) is 2.37. The van der Waals surface area contributed by atoms with Crippen molar-refractivity contribution in [3.05, 3.63) is 29.8 Å². The lowest BCUT2D eigenvalue weighted by atomic mass is 10.2. The van der Waals surface area contributed by atoms with E-state index in [0.29, 0.717) is 11.5 Å². The molecule has 0 spiro atoms. The molecule has 0 bridgehead atoms. The summed E-state index contributed by atoms with van der Waals surface area (Å²) in [6.07, 6.45) is 3.13. The van der Waals surface area contributed by atoms with Crippen molar-refractivity contribution in [2.24, 2.45) is 0 Å². The number of carbonyl (C=O) groups is 1. The molecule has 1 rings (SSSR count). The Morgan fingerprint density at radius 2 is 2.28 bits per heavy atom. The zero-order chi connectivity index (χ0) is 13.4. The van der Waals surface area contributed by atoms with Crippen molar-refractivity contribution in [2.75, 3.05) is 13.0 Å². The highest BCUT2D eigenvalue weighted by molar-refractivity contribution is 6.18. The van der Waals surface area contributed by atoms with E-state index in [1.54, 1.807) is 24.3 Å². The first-order chi connectivity index (χ1) is 8.71. The fourth-order valence-electron chi connectivity index (χ4n) is 1.26. The van der Waals surface area contributed by atoms with E-state index in [4.69, 9.17) is 26.3 Å². The topological polar surface area (TPSA) is 59.3 Å². The molecule has 1 aromatic rings. The van der Waals surface area contributed by atoms with Gasteiger partial charge in [-0.1, -0.05) is 6.07 Å². The number of esters is 1. The van der Waals surface area contributed by atoms with Gasteiger partial charge < -0.3 is 9.47 Å². The van der Waals surface area contributed by atoms with Crippen molar-refractivity contribution in [1.29, 1.82) is 5.26 Å². The van der Waals surface area contributed by atoms with Crippen LogP contribution in [0, 0.1) is 11.3 Å². The van der Waals surface area contributed by atoms with Crippen LogP contribution in [0.4, 0.5) is 0 Å². The Morgan fingerprint density at radius 3 is 2.89 bits per heavy atom. The van der Waals surface area contributed by atoms with E-state index in [1.807, 2.05) is 6.07 Å². The quantitative estimate of drug-likeness (QED) is 0.355. The van der Waals surface area contributed by atoms with Gasteiger partial charge in [-0.25, -0.2) is 0 Å². The molecule has 0 aliphatic carbocycles. The zero-order valence-corrected chi connectivity index (χ0v) is 10.6. The summed E-state index contributed by atoms with van der Waals surface area (Å²) in [5.41, 5.74) is 0.783. The van der Waals surface area contributed by atoms with Gasteiger partial charge in [0, 0.05) is 12.0 Å². The molecule has 94 valence electrons. The van der Waals surface area contributed by atoms with Crippen molar-refractivity contribution in [1.82, 2.24) is 0 Å². The van der Waals surface area contributed by atoms with E-state index in [9.17, 15) is 4.79 Å². The normalized spacial score (nSPS) is 10.1. The molecule has 18 heavy (non-hydrogen) atoms. The summed E-state index contributed by atoms with van der Waals surface area (Å²) in [5, 5.41) is 8.44. The SMILES string of the molecule is COc1cc(/C=C\C#N)ccc1OC(=O)CCCl. The summed E-state index contributed by atoms with van der Waals surface area (Å²) in [6, 6.07) is 6.91. The fourth-order valence-corrected chi connectivity index (χ4v) is 1.41. The maximum absolute atomic E-state index is 11.3. The summed E-state index contributed by atoms with van der Waals surface area (Å²) in [7, 11) is 1.48. The van der Waals surface area contributed by atoms with Crippen LogP contribution in [0.5, 0.6) is 11.5 Å². The largest absolute Gasteiger partial charge is 0.493 e. The van der Waals surface area contributed by atoms with E-state index in [-0.39, 0.29) is 12.3 Å². The highest BCUT2D eigenvalue weighted by Gasteiger charge is 2.09. The average molecular weight is 266 g/mol. The smallest absolute Gasteiger partial charge is 0.312 e. The fraction of sp³-hybridized carbons (Fsp3) is 0.231. The monoisotopic (exact) mass is 265 g/mol. The third-order valence-corrected chi connectivity index (χ3v) is 2.25. The number of rotatable bonds is 5. The minimum Gasteiger partial charge on any atom is -0.493 e. The van der Waals surface area contributed by atoms with Crippen LogP contribution in [0.2, 0.25) is 0 Å². The van der Waals surface area contributed by atoms with Crippen molar-refractivity contribution in [2.45, 2.75) is 6.42 Å². The molecular formula is C13H12ClNO3. The van der Waals surface area contributed by atoms with Crippen LogP contribution in [0.3, 0.4) is 0 Å². The third kappa shape index (κ3) is 4.11. The second-order valence-corrected chi connectivity index (χ2v) is 3.66. The second kappa shape index (κ2) is 7.36. The Bertz CT molecular complexity index is 491. The van der Waals surface area contributed by atoms with Gasteiger partial charge in [-0.2, -0.15) is 5.26 Å². The lowest BCUT2D eigenvalue weighted by molar-refractivity contribution is -0.134. The number of ether oxygens (including phenoxy) is 2. The predicted octanol–water partition coefficient (Wildman–Crippen LogP) is 2.77. The van der Waals surface area contributed by atoms with E-state index in [0.717, 1.165) is 5.56 Å². The Morgan fingerprint density at radius 1 is 1.50 bits per heavy atom. The number of allylic oxidation sites excluding steroid dienone is 1. The number of nitrogens with zero attached hydrogens (tertiary/aromatic N) is 1. The Hall–Kier alpha value is -1.99. The molecule has 0 aliphatic heterocycles. The van der Waals surface area contributed by atoms with Gasteiger partial charge in [-0.3, -0.25) is 4.79 Å². The molecule has 0 amide bonds. The Balaban J connectivity index is 2.90. The summed E-state index contributed by atoms with van der Waals surface area (Å²) >= 11 is 5.45. The molecule has 0 fully saturated rings. The highest BCUT2D eigenvalue weighted by atomic mass is 35.5. The van der Waals surface area contributed by atoms with Gasteiger partial charge in [0.15, 0.2) is 11.5 Å². The van der Waals surface area contributed by atoms with Gasteiger partial charge in [-0.05, 0) is 23.8 Å². The molecule has 0 aromatic heterocycles. The molecule has 0 atom stereocenters. The van der Waals surface area contributed by atoms with Gasteiger partial charge in [0.2, 0.25) is 0 Å². The standard InChI is InChI=1S/C13H12ClNO3/c1-17-12-9-10(3-2-8-15)4-5-11(12)18-13(16)6-7-14/h2-5,9H,6-7H2,1H3/b3-2-. The van der Waals surface area contributed by atoms with Crippen molar-refractivity contribution in [3.63, 3.8) is 0 Å². The molecule has 4 nitrogen and oxygen atoms in total. The first kappa shape index (κ1) is 14.1. The van der Waals surface area contributed by atoms with Gasteiger partial charge in [0.1, 0.15) is 0 Å². The number of halogens is 1. The molecule has 0 aliphatic rings. The van der Waals surface area contributed by atoms with Crippen LogP contribution in [0.15, 0.2) is 24.3 Å². The number of benzene rings is 1. The van der Waals surface area contributed by atoms with Gasteiger partial charge in [0.25, 0.3) is 0 Å². The summed E-state index contributed by atoms with van der Waals surface area (Å²) in [6.45, 7) is 0. The molecular weight excluding hydrogens is 254 g/mol. The minimum absolute atomic E-state index is 0.140. The van der Waals surface area contributed by atoms with Gasteiger partial charge >= 0.3 is 5.97 Å². The minimum atomic E-state index is -0.413. The van der Waals surface area contributed by atoms with E-state index in [2.05, 4.69) is 0 Å². The molecule has 0 heterocycles. The van der Waals surface area contributed by atoms with Gasteiger partial charge in [-0.15, -0.1) is 11.6 Å². The van der Waals surface area contributed by atoms with Crippen LogP contribution >= 0.6 is 11.6 Å². The number of nitriles is 1. The molecule has 0 unspecified atom stereocenters. The number of alkyl halides is 1. The molecule has 5 heteroatoms.